The molecule has 2 rings (SSSR count). The lowest BCUT2D eigenvalue weighted by atomic mass is 10.1. The van der Waals surface area contributed by atoms with Crippen LogP contribution >= 0.6 is 11.6 Å². The number of carbonyl (C=O) groups excluding carboxylic acids is 1. The lowest BCUT2D eigenvalue weighted by Gasteiger charge is -2.30. The zero-order valence-corrected chi connectivity index (χ0v) is 14.2. The van der Waals surface area contributed by atoms with E-state index in [-0.39, 0.29) is 18.5 Å². The molecular formula is C15H20ClN3O3S. The number of rotatable bonds is 6. The maximum absolute atomic E-state index is 12.1. The van der Waals surface area contributed by atoms with Gasteiger partial charge in [-0.15, -0.1) is 0 Å². The molecule has 1 aromatic rings. The molecule has 1 amide bonds. The summed E-state index contributed by atoms with van der Waals surface area (Å²) in [5.74, 6) is -0.366. The monoisotopic (exact) mass is 357 g/mol. The molecule has 0 unspecified atom stereocenters. The number of likely N-dealkylation sites (tertiary alicyclic amines) is 1. The normalized spacial score (nSPS) is 17.6. The van der Waals surface area contributed by atoms with Gasteiger partial charge in [0.1, 0.15) is 0 Å². The number of amides is 1. The van der Waals surface area contributed by atoms with Crippen LogP contribution in [0.15, 0.2) is 29.7 Å². The van der Waals surface area contributed by atoms with Crippen LogP contribution in [-0.4, -0.2) is 44.9 Å². The topological polar surface area (TPSA) is 92.5 Å². The van der Waals surface area contributed by atoms with Gasteiger partial charge in [-0.25, -0.2) is 13.1 Å². The van der Waals surface area contributed by atoms with Crippen molar-refractivity contribution in [1.82, 2.24) is 9.62 Å². The van der Waals surface area contributed by atoms with Gasteiger partial charge in [-0.05, 0) is 36.6 Å². The lowest BCUT2D eigenvalue weighted by Crippen LogP contribution is -2.46. The third kappa shape index (κ3) is 6.31. The molecule has 0 atom stereocenters. The van der Waals surface area contributed by atoms with Gasteiger partial charge >= 0.3 is 0 Å². The summed E-state index contributed by atoms with van der Waals surface area (Å²) in [7, 11) is -3.50. The quantitative estimate of drug-likeness (QED) is 0.799. The zero-order chi connectivity index (χ0) is 16.9. The van der Waals surface area contributed by atoms with Gasteiger partial charge in [-0.3, -0.25) is 9.69 Å². The Morgan fingerprint density at radius 3 is 2.48 bits per heavy atom. The van der Waals surface area contributed by atoms with Crippen molar-refractivity contribution >= 4 is 33.6 Å². The summed E-state index contributed by atoms with van der Waals surface area (Å²) in [4.78, 5) is 12.8. The van der Waals surface area contributed by atoms with Crippen molar-refractivity contribution in [1.29, 1.82) is 0 Å². The van der Waals surface area contributed by atoms with Crippen LogP contribution < -0.4 is 10.5 Å². The molecular weight excluding hydrogens is 338 g/mol. The van der Waals surface area contributed by atoms with Gasteiger partial charge < -0.3 is 5.73 Å². The molecule has 1 aromatic carbocycles. The first-order valence-corrected chi connectivity index (χ1v) is 9.23. The molecule has 0 aliphatic carbocycles. The molecule has 1 heterocycles. The first kappa shape index (κ1) is 17.9. The zero-order valence-electron chi connectivity index (χ0n) is 12.6. The van der Waals surface area contributed by atoms with Gasteiger partial charge in [-0.1, -0.05) is 23.7 Å². The highest BCUT2D eigenvalue weighted by Gasteiger charge is 2.22. The van der Waals surface area contributed by atoms with Crippen LogP contribution in [0.4, 0.5) is 0 Å². The average Bonchev–Trinajstić information content (AvgIpc) is 2.48. The highest BCUT2D eigenvalue weighted by Crippen LogP contribution is 2.13. The average molecular weight is 358 g/mol. The number of hydrogen-bond donors (Lipinski definition) is 2. The molecule has 0 radical (unpaired) electrons. The van der Waals surface area contributed by atoms with Crippen LogP contribution in [0.3, 0.4) is 0 Å². The smallest absolute Gasteiger partial charge is 0.233 e. The van der Waals surface area contributed by atoms with Crippen LogP contribution in [-0.2, 0) is 14.8 Å². The maximum atomic E-state index is 12.1. The van der Waals surface area contributed by atoms with Gasteiger partial charge in [-0.2, -0.15) is 0 Å². The number of sulfonamides is 1. The van der Waals surface area contributed by atoms with E-state index < -0.39 is 10.0 Å². The number of primary amides is 1. The molecule has 3 N–H and O–H groups in total. The Kier molecular flexibility index (Phi) is 6.17. The summed E-state index contributed by atoms with van der Waals surface area (Å²) in [6, 6.07) is 6.78. The van der Waals surface area contributed by atoms with Gasteiger partial charge in [0.2, 0.25) is 15.9 Å². The Morgan fingerprint density at radius 2 is 1.91 bits per heavy atom. The molecule has 23 heavy (non-hydrogen) atoms. The van der Waals surface area contributed by atoms with Crippen molar-refractivity contribution in [2.45, 2.75) is 18.9 Å². The molecule has 1 aliphatic rings. The second-order valence-electron chi connectivity index (χ2n) is 5.53. The fourth-order valence-electron chi connectivity index (χ4n) is 2.44. The van der Waals surface area contributed by atoms with Gasteiger partial charge in [0, 0.05) is 29.6 Å². The minimum atomic E-state index is -3.50. The standard InChI is InChI=1S/C15H20ClN3O3S/c16-13-3-1-12(2-4-13)7-10-23(21,22)18-14-5-8-19(9-6-14)11-15(17)20/h1-4,7,10,14,18H,5-6,8-9,11H2,(H2,17,20)/b10-7+. The summed E-state index contributed by atoms with van der Waals surface area (Å²) in [5, 5.41) is 1.76. The Bertz CT molecular complexity index is 666. The van der Waals surface area contributed by atoms with Crippen LogP contribution in [0.2, 0.25) is 5.02 Å². The molecule has 8 heteroatoms. The maximum Gasteiger partial charge on any atom is 0.233 e. The van der Waals surface area contributed by atoms with E-state index in [2.05, 4.69) is 4.72 Å². The minimum absolute atomic E-state index is 0.126. The number of nitrogens with two attached hydrogens (primary N) is 1. The number of halogens is 1. The van der Waals surface area contributed by atoms with E-state index in [1.165, 1.54) is 6.08 Å². The van der Waals surface area contributed by atoms with Crippen LogP contribution in [0, 0.1) is 0 Å². The number of nitrogens with one attached hydrogen (secondary N) is 1. The molecule has 1 saturated heterocycles. The summed E-state index contributed by atoms with van der Waals surface area (Å²) < 4.78 is 26.8. The van der Waals surface area contributed by atoms with Gasteiger partial charge in [0.25, 0.3) is 0 Å². The van der Waals surface area contributed by atoms with E-state index in [0.717, 1.165) is 11.0 Å². The Hall–Kier alpha value is -1.41. The van der Waals surface area contributed by atoms with E-state index >= 15 is 0 Å². The van der Waals surface area contributed by atoms with E-state index in [1.54, 1.807) is 24.3 Å². The third-order valence-electron chi connectivity index (χ3n) is 3.61. The van der Waals surface area contributed by atoms with Crippen molar-refractivity contribution in [3.63, 3.8) is 0 Å². The van der Waals surface area contributed by atoms with E-state index in [0.29, 0.717) is 31.0 Å². The highest BCUT2D eigenvalue weighted by molar-refractivity contribution is 7.92. The summed E-state index contributed by atoms with van der Waals surface area (Å²) in [5.41, 5.74) is 5.91. The number of nitrogens with zero attached hydrogens (tertiary/aromatic N) is 1. The van der Waals surface area contributed by atoms with Crippen LogP contribution in [0.5, 0.6) is 0 Å². The van der Waals surface area contributed by atoms with Crippen molar-refractivity contribution in [2.75, 3.05) is 19.6 Å². The Morgan fingerprint density at radius 1 is 1.30 bits per heavy atom. The predicted octanol–water partition coefficient (Wildman–Crippen LogP) is 1.18. The largest absolute Gasteiger partial charge is 0.369 e. The summed E-state index contributed by atoms with van der Waals surface area (Å²) in [6.07, 6.45) is 2.84. The van der Waals surface area contributed by atoms with Crippen molar-refractivity contribution in [2.24, 2.45) is 5.73 Å². The highest BCUT2D eigenvalue weighted by atomic mass is 35.5. The molecule has 1 fully saturated rings. The molecule has 6 nitrogen and oxygen atoms in total. The molecule has 126 valence electrons. The second kappa shape index (κ2) is 7.92. The van der Waals surface area contributed by atoms with Gasteiger partial charge in [0.15, 0.2) is 0 Å². The number of carbonyl (C=O) groups is 1. The fraction of sp³-hybridized carbons (Fsp3) is 0.400. The van der Waals surface area contributed by atoms with E-state index in [9.17, 15) is 13.2 Å². The van der Waals surface area contributed by atoms with E-state index in [4.69, 9.17) is 17.3 Å². The summed E-state index contributed by atoms with van der Waals surface area (Å²) in [6.45, 7) is 1.52. The molecule has 0 spiro atoms. The molecule has 0 aromatic heterocycles. The minimum Gasteiger partial charge on any atom is -0.369 e. The van der Waals surface area contributed by atoms with Crippen molar-refractivity contribution in [3.05, 3.63) is 40.3 Å². The lowest BCUT2D eigenvalue weighted by molar-refractivity contribution is -0.119. The van der Waals surface area contributed by atoms with Crippen LogP contribution in [0.1, 0.15) is 18.4 Å². The number of benzene rings is 1. The van der Waals surface area contributed by atoms with E-state index in [1.807, 2.05) is 4.90 Å². The first-order chi connectivity index (χ1) is 10.8. The molecule has 1 aliphatic heterocycles. The number of piperidine rings is 1. The third-order valence-corrected chi connectivity index (χ3v) is 5.02. The Labute approximate surface area is 141 Å². The predicted molar refractivity (Wildman–Crippen MR) is 91.2 cm³/mol. The van der Waals surface area contributed by atoms with Crippen molar-refractivity contribution < 1.29 is 13.2 Å². The van der Waals surface area contributed by atoms with Crippen molar-refractivity contribution in [3.8, 4) is 0 Å². The first-order valence-electron chi connectivity index (χ1n) is 7.31. The molecule has 0 bridgehead atoms. The SMILES string of the molecule is NC(=O)CN1CCC(NS(=O)(=O)/C=C/c2ccc(Cl)cc2)CC1. The van der Waals surface area contributed by atoms with Gasteiger partial charge in [0.05, 0.1) is 6.54 Å². The number of hydrogen-bond acceptors (Lipinski definition) is 4. The fourth-order valence-corrected chi connectivity index (χ4v) is 3.68. The Balaban J connectivity index is 1.87. The van der Waals surface area contributed by atoms with Crippen LogP contribution in [0.25, 0.3) is 6.08 Å². The molecule has 0 saturated carbocycles. The second-order valence-corrected chi connectivity index (χ2v) is 7.57. The summed E-state index contributed by atoms with van der Waals surface area (Å²) >= 11 is 5.79.